The smallest absolute Gasteiger partial charge is 0.120 e. The maximum Gasteiger partial charge on any atom is 0.120 e. The second-order valence-corrected chi connectivity index (χ2v) is 1.26. The van der Waals surface area contributed by atoms with Gasteiger partial charge < -0.3 is 9.59 Å². The molecule has 0 aromatic carbocycles. The summed E-state index contributed by atoms with van der Waals surface area (Å²) in [4.78, 5) is 19.1. The van der Waals surface area contributed by atoms with Crippen LogP contribution in [-0.4, -0.2) is 42.1 Å². The molecule has 2 nitrogen and oxygen atoms in total. The minimum Gasteiger partial charge on any atom is -0.303 e. The van der Waals surface area contributed by atoms with Crippen molar-refractivity contribution >= 4 is 42.1 Å². The average molecular weight is 123 g/mol. The Kier molecular flexibility index (Phi) is 14.5. The van der Waals surface area contributed by atoms with Gasteiger partial charge in [-0.2, -0.15) is 0 Å². The van der Waals surface area contributed by atoms with Crippen LogP contribution in [0.1, 0.15) is 19.3 Å². The van der Waals surface area contributed by atoms with Gasteiger partial charge in [0.05, 0.1) is 0 Å². The van der Waals surface area contributed by atoms with Crippen LogP contribution >= 0.6 is 0 Å². The van der Waals surface area contributed by atoms with Crippen LogP contribution in [-0.2, 0) is 9.59 Å². The van der Waals surface area contributed by atoms with Crippen LogP contribution in [0.15, 0.2) is 0 Å². The molecule has 0 fully saturated rings. The van der Waals surface area contributed by atoms with Gasteiger partial charge in [0.2, 0.25) is 0 Å². The van der Waals surface area contributed by atoms with Crippen molar-refractivity contribution in [3.05, 3.63) is 0 Å². The first-order valence-corrected chi connectivity index (χ1v) is 2.29. The molecule has 0 spiro atoms. The standard InChI is InChI=1S/C5H8O2.Na/c6-4-2-1-3-5-7;/h4-5H,1-3H2;. The second-order valence-electron chi connectivity index (χ2n) is 1.26. The van der Waals surface area contributed by atoms with Gasteiger partial charge in [0.15, 0.2) is 0 Å². The van der Waals surface area contributed by atoms with Gasteiger partial charge in [-0.1, -0.05) is 0 Å². The van der Waals surface area contributed by atoms with E-state index in [1.807, 2.05) is 0 Å². The zero-order chi connectivity index (χ0) is 5.54. The largest absolute Gasteiger partial charge is 0.303 e. The first-order chi connectivity index (χ1) is 3.41. The van der Waals surface area contributed by atoms with Gasteiger partial charge in [0.1, 0.15) is 12.6 Å². The van der Waals surface area contributed by atoms with Gasteiger partial charge in [0.25, 0.3) is 0 Å². The SMILES string of the molecule is O=CCCCC=O.[Na]. The van der Waals surface area contributed by atoms with Gasteiger partial charge in [-0.05, 0) is 6.42 Å². The molecule has 0 bridgehead atoms. The van der Waals surface area contributed by atoms with Crippen molar-refractivity contribution in [1.82, 2.24) is 0 Å². The molecule has 0 rings (SSSR count). The third-order valence-electron chi connectivity index (χ3n) is 0.644. The summed E-state index contributed by atoms with van der Waals surface area (Å²) >= 11 is 0. The summed E-state index contributed by atoms with van der Waals surface area (Å²) in [7, 11) is 0. The zero-order valence-corrected chi connectivity index (χ0v) is 7.09. The average Bonchev–Trinajstić information content (AvgIpc) is 1.69. The maximum absolute atomic E-state index is 9.56. The van der Waals surface area contributed by atoms with Crippen LogP contribution in [0.4, 0.5) is 0 Å². The topological polar surface area (TPSA) is 34.1 Å². The summed E-state index contributed by atoms with van der Waals surface area (Å²) in [5.41, 5.74) is 0. The minimum atomic E-state index is 0. The van der Waals surface area contributed by atoms with E-state index in [2.05, 4.69) is 0 Å². The van der Waals surface area contributed by atoms with E-state index in [-0.39, 0.29) is 29.6 Å². The Bertz CT molecular complexity index is 55.4. The molecular weight excluding hydrogens is 115 g/mol. The fourth-order valence-corrected chi connectivity index (χ4v) is 0.285. The molecule has 0 saturated carbocycles. The number of hydrogen-bond donors (Lipinski definition) is 0. The fraction of sp³-hybridized carbons (Fsp3) is 0.600. The fourth-order valence-electron chi connectivity index (χ4n) is 0.285. The Balaban J connectivity index is 0. The molecule has 41 valence electrons. The van der Waals surface area contributed by atoms with Crippen LogP contribution < -0.4 is 0 Å². The van der Waals surface area contributed by atoms with Gasteiger partial charge in [-0.3, -0.25) is 0 Å². The molecular formula is C5H8NaO2. The van der Waals surface area contributed by atoms with Crippen LogP contribution in [0, 0.1) is 0 Å². The number of unbranched alkanes of at least 4 members (excludes halogenated alkanes) is 2. The normalized spacial score (nSPS) is 7.00. The Labute approximate surface area is 70.9 Å². The maximum atomic E-state index is 9.56. The van der Waals surface area contributed by atoms with Crippen molar-refractivity contribution in [1.29, 1.82) is 0 Å². The molecule has 0 saturated heterocycles. The van der Waals surface area contributed by atoms with E-state index in [9.17, 15) is 9.59 Å². The molecule has 0 aromatic heterocycles. The number of rotatable bonds is 4. The number of aldehydes is 2. The molecule has 0 N–H and O–H groups in total. The molecule has 0 aromatic rings. The first kappa shape index (κ1) is 11.2. The third-order valence-corrected chi connectivity index (χ3v) is 0.644. The summed E-state index contributed by atoms with van der Waals surface area (Å²) in [5.74, 6) is 0. The summed E-state index contributed by atoms with van der Waals surface area (Å²) in [6.07, 6.45) is 3.37. The first-order valence-electron chi connectivity index (χ1n) is 2.29. The molecule has 1 radical (unpaired) electrons. The molecule has 0 aliphatic rings. The summed E-state index contributed by atoms with van der Waals surface area (Å²) < 4.78 is 0. The number of carbonyl (C=O) groups is 2. The number of carbonyl (C=O) groups excluding carboxylic acids is 2. The number of hydrogen-bond acceptors (Lipinski definition) is 2. The molecule has 0 amide bonds. The van der Waals surface area contributed by atoms with E-state index >= 15 is 0 Å². The van der Waals surface area contributed by atoms with E-state index in [0.717, 1.165) is 12.6 Å². The zero-order valence-electron chi connectivity index (χ0n) is 5.09. The van der Waals surface area contributed by atoms with Crippen molar-refractivity contribution in [3.63, 3.8) is 0 Å². The minimum absolute atomic E-state index is 0. The Morgan fingerprint density at radius 1 is 1.00 bits per heavy atom. The second kappa shape index (κ2) is 10.3. The van der Waals surface area contributed by atoms with Crippen molar-refractivity contribution in [2.45, 2.75) is 19.3 Å². The van der Waals surface area contributed by atoms with E-state index in [4.69, 9.17) is 0 Å². The van der Waals surface area contributed by atoms with Gasteiger partial charge in [0, 0.05) is 42.4 Å². The van der Waals surface area contributed by atoms with E-state index in [1.165, 1.54) is 0 Å². The Morgan fingerprint density at radius 3 is 1.62 bits per heavy atom. The molecule has 0 unspecified atom stereocenters. The summed E-state index contributed by atoms with van der Waals surface area (Å²) in [5, 5.41) is 0. The predicted molar refractivity (Wildman–Crippen MR) is 31.7 cm³/mol. The molecule has 0 atom stereocenters. The molecule has 0 aliphatic carbocycles. The molecule has 3 heteroatoms. The van der Waals surface area contributed by atoms with Crippen molar-refractivity contribution in [2.75, 3.05) is 0 Å². The summed E-state index contributed by atoms with van der Waals surface area (Å²) in [6, 6.07) is 0. The monoisotopic (exact) mass is 123 g/mol. The van der Waals surface area contributed by atoms with Crippen molar-refractivity contribution in [2.24, 2.45) is 0 Å². The Morgan fingerprint density at radius 2 is 1.38 bits per heavy atom. The predicted octanol–water partition coefficient (Wildman–Crippen LogP) is 0.174. The molecule has 0 aliphatic heterocycles. The van der Waals surface area contributed by atoms with Crippen LogP contribution in [0.2, 0.25) is 0 Å². The van der Waals surface area contributed by atoms with Gasteiger partial charge >= 0.3 is 0 Å². The van der Waals surface area contributed by atoms with Crippen LogP contribution in [0.3, 0.4) is 0 Å². The van der Waals surface area contributed by atoms with E-state index in [1.54, 1.807) is 0 Å². The van der Waals surface area contributed by atoms with Crippen LogP contribution in [0.25, 0.3) is 0 Å². The quantitative estimate of drug-likeness (QED) is 0.303. The summed E-state index contributed by atoms with van der Waals surface area (Å²) in [6.45, 7) is 0. The molecule has 8 heavy (non-hydrogen) atoms. The third kappa shape index (κ3) is 9.60. The molecule has 0 heterocycles. The van der Waals surface area contributed by atoms with Crippen molar-refractivity contribution < 1.29 is 9.59 Å². The van der Waals surface area contributed by atoms with Gasteiger partial charge in [-0.15, -0.1) is 0 Å². The van der Waals surface area contributed by atoms with Crippen molar-refractivity contribution in [3.8, 4) is 0 Å². The van der Waals surface area contributed by atoms with Crippen LogP contribution in [0.5, 0.6) is 0 Å². The van der Waals surface area contributed by atoms with E-state index < -0.39 is 0 Å². The van der Waals surface area contributed by atoms with E-state index in [0.29, 0.717) is 19.3 Å². The van der Waals surface area contributed by atoms with Gasteiger partial charge in [-0.25, -0.2) is 0 Å². The Hall–Kier alpha value is 0.340.